The van der Waals surface area contributed by atoms with Crippen LogP contribution in [0.2, 0.25) is 0 Å². The summed E-state index contributed by atoms with van der Waals surface area (Å²) in [5.74, 6) is 0.616. The molecule has 7 heteroatoms. The predicted octanol–water partition coefficient (Wildman–Crippen LogP) is 3.70. The molecule has 0 heterocycles. The van der Waals surface area contributed by atoms with E-state index >= 15 is 0 Å². The zero-order chi connectivity index (χ0) is 19.4. The molecule has 1 aromatic carbocycles. The molecule has 2 aliphatic carbocycles. The molecule has 3 rings (SSSR count). The van der Waals surface area contributed by atoms with Crippen molar-refractivity contribution in [1.82, 2.24) is 5.32 Å². The van der Waals surface area contributed by atoms with Gasteiger partial charge in [-0.3, -0.25) is 9.59 Å². The molecule has 5 nitrogen and oxygen atoms in total. The predicted molar refractivity (Wildman–Crippen MR) is 115 cm³/mol. The fourth-order valence-corrected chi connectivity index (χ4v) is 5.04. The lowest BCUT2D eigenvalue weighted by Crippen LogP contribution is -2.49. The van der Waals surface area contributed by atoms with Crippen molar-refractivity contribution in [1.29, 1.82) is 0 Å². The first kappa shape index (κ1) is 23.0. The number of rotatable bonds is 6. The van der Waals surface area contributed by atoms with Crippen LogP contribution in [0.1, 0.15) is 50.1 Å². The molecule has 3 unspecified atom stereocenters. The van der Waals surface area contributed by atoms with E-state index in [0.717, 1.165) is 36.1 Å². The van der Waals surface area contributed by atoms with Gasteiger partial charge < -0.3 is 15.8 Å². The van der Waals surface area contributed by atoms with E-state index in [0.29, 0.717) is 11.8 Å². The molecule has 0 radical (unpaired) electrons. The molecule has 2 bridgehead atoms. The van der Waals surface area contributed by atoms with Gasteiger partial charge in [-0.1, -0.05) is 18.6 Å². The Morgan fingerprint density at radius 1 is 1.21 bits per heavy atom. The standard InChI is InChI=1S/C21H30N2O3S.ClH/c1-26-19(24)12-18(13-6-8-17(27-2)9-7-13)23-21(25)16-10-14-4-3-5-15(11-16)20(14)22;/h6-9,14-16,18,20H,3-5,10-12,22H2,1-2H3,(H,23,25);1H. The highest BCUT2D eigenvalue weighted by molar-refractivity contribution is 7.98. The highest BCUT2D eigenvalue weighted by Gasteiger charge is 2.40. The van der Waals surface area contributed by atoms with Gasteiger partial charge in [-0.15, -0.1) is 24.2 Å². The van der Waals surface area contributed by atoms with Crippen molar-refractivity contribution in [3.8, 4) is 0 Å². The van der Waals surface area contributed by atoms with Crippen molar-refractivity contribution >= 4 is 36.0 Å². The molecule has 0 saturated heterocycles. The second kappa shape index (κ2) is 10.5. The molecule has 3 N–H and O–H groups in total. The van der Waals surface area contributed by atoms with E-state index in [4.69, 9.17) is 10.5 Å². The maximum Gasteiger partial charge on any atom is 0.307 e. The Morgan fingerprint density at radius 3 is 2.36 bits per heavy atom. The highest BCUT2D eigenvalue weighted by atomic mass is 35.5. The zero-order valence-electron chi connectivity index (χ0n) is 16.6. The molecule has 1 aromatic rings. The molecule has 2 fully saturated rings. The number of thioether (sulfide) groups is 1. The van der Waals surface area contributed by atoms with Crippen molar-refractivity contribution in [2.24, 2.45) is 23.5 Å². The summed E-state index contributed by atoms with van der Waals surface area (Å²) in [4.78, 5) is 26.0. The molecule has 0 aliphatic heterocycles. The largest absolute Gasteiger partial charge is 0.469 e. The molecular weight excluding hydrogens is 396 g/mol. The van der Waals surface area contributed by atoms with E-state index in [-0.39, 0.29) is 48.7 Å². The Hall–Kier alpha value is -1.24. The SMILES string of the molecule is COC(=O)CC(NC(=O)C1CC2CCCC(C1)C2N)c1ccc(SC)cc1.Cl. The fraction of sp³-hybridized carbons (Fsp3) is 0.619. The summed E-state index contributed by atoms with van der Waals surface area (Å²) < 4.78 is 4.84. The van der Waals surface area contributed by atoms with Gasteiger partial charge in [0.25, 0.3) is 0 Å². The number of ether oxygens (including phenoxy) is 1. The first-order chi connectivity index (χ1) is 13.0. The first-order valence-corrected chi connectivity index (χ1v) is 11.0. The molecule has 0 aromatic heterocycles. The Morgan fingerprint density at radius 2 is 1.82 bits per heavy atom. The van der Waals surface area contributed by atoms with Crippen molar-refractivity contribution in [2.75, 3.05) is 13.4 Å². The summed E-state index contributed by atoms with van der Waals surface area (Å²) in [6.07, 6.45) is 7.36. The number of carbonyl (C=O) groups excluding carboxylic acids is 2. The van der Waals surface area contributed by atoms with Gasteiger partial charge in [-0.25, -0.2) is 0 Å². The number of fused-ring (bicyclic) bond motifs is 2. The number of hydrogen-bond donors (Lipinski definition) is 2. The minimum Gasteiger partial charge on any atom is -0.469 e. The molecule has 0 spiro atoms. The van der Waals surface area contributed by atoms with Crippen LogP contribution in [0.3, 0.4) is 0 Å². The Balaban J connectivity index is 0.00000280. The molecular formula is C21H31ClN2O3S. The molecule has 156 valence electrons. The van der Waals surface area contributed by atoms with Crippen molar-refractivity contribution < 1.29 is 14.3 Å². The summed E-state index contributed by atoms with van der Waals surface area (Å²) in [6, 6.07) is 7.86. The zero-order valence-corrected chi connectivity index (χ0v) is 18.2. The van der Waals surface area contributed by atoms with Crippen LogP contribution in [0.4, 0.5) is 0 Å². The maximum atomic E-state index is 13.0. The van der Waals surface area contributed by atoms with Gasteiger partial charge >= 0.3 is 5.97 Å². The lowest BCUT2D eigenvalue weighted by atomic mass is 9.65. The average molecular weight is 427 g/mol. The van der Waals surface area contributed by atoms with E-state index in [1.807, 2.05) is 30.5 Å². The number of nitrogens with one attached hydrogen (secondary N) is 1. The molecule has 28 heavy (non-hydrogen) atoms. The molecule has 2 saturated carbocycles. The van der Waals surface area contributed by atoms with E-state index in [9.17, 15) is 9.59 Å². The lowest BCUT2D eigenvalue weighted by molar-refractivity contribution is -0.141. The minimum atomic E-state index is -0.365. The molecule has 3 atom stereocenters. The summed E-state index contributed by atoms with van der Waals surface area (Å²) in [5.41, 5.74) is 7.29. The summed E-state index contributed by atoms with van der Waals surface area (Å²) in [5, 5.41) is 3.12. The Kier molecular flexibility index (Phi) is 8.65. The normalized spacial score (nSPS) is 27.2. The number of carbonyl (C=O) groups is 2. The van der Waals surface area contributed by atoms with Crippen LogP contribution in [0, 0.1) is 17.8 Å². The third kappa shape index (κ3) is 5.43. The maximum absolute atomic E-state index is 13.0. The second-order valence-corrected chi connectivity index (χ2v) is 8.69. The van der Waals surface area contributed by atoms with Crippen LogP contribution < -0.4 is 11.1 Å². The van der Waals surface area contributed by atoms with Crippen LogP contribution in [0.5, 0.6) is 0 Å². The van der Waals surface area contributed by atoms with Gasteiger partial charge in [0, 0.05) is 16.9 Å². The summed E-state index contributed by atoms with van der Waals surface area (Å²) in [6.45, 7) is 0. The first-order valence-electron chi connectivity index (χ1n) is 9.78. The number of benzene rings is 1. The number of nitrogens with two attached hydrogens (primary N) is 1. The van der Waals surface area contributed by atoms with Crippen molar-refractivity contribution in [2.45, 2.75) is 55.5 Å². The smallest absolute Gasteiger partial charge is 0.307 e. The summed E-state index contributed by atoms with van der Waals surface area (Å²) in [7, 11) is 1.38. The van der Waals surface area contributed by atoms with E-state index in [2.05, 4.69) is 5.32 Å². The molecule has 1 amide bonds. The number of amides is 1. The third-order valence-electron chi connectivity index (χ3n) is 6.22. The average Bonchev–Trinajstić information content (AvgIpc) is 2.67. The van der Waals surface area contributed by atoms with Crippen LogP contribution in [0.25, 0.3) is 0 Å². The monoisotopic (exact) mass is 426 g/mol. The summed E-state index contributed by atoms with van der Waals surface area (Å²) >= 11 is 1.66. The highest BCUT2D eigenvalue weighted by Crippen LogP contribution is 2.42. The van der Waals surface area contributed by atoms with E-state index in [1.54, 1.807) is 11.8 Å². The van der Waals surface area contributed by atoms with Gasteiger partial charge in [0.2, 0.25) is 5.91 Å². The van der Waals surface area contributed by atoms with Crippen LogP contribution in [-0.2, 0) is 14.3 Å². The number of halogens is 1. The number of esters is 1. The van der Waals surface area contributed by atoms with Crippen molar-refractivity contribution in [3.05, 3.63) is 29.8 Å². The van der Waals surface area contributed by atoms with Crippen LogP contribution in [0.15, 0.2) is 29.2 Å². The van der Waals surface area contributed by atoms with E-state index < -0.39 is 0 Å². The Labute approximate surface area is 177 Å². The van der Waals surface area contributed by atoms with Gasteiger partial charge in [0.1, 0.15) is 0 Å². The Bertz CT molecular complexity index is 656. The van der Waals surface area contributed by atoms with Gasteiger partial charge in [0.15, 0.2) is 0 Å². The van der Waals surface area contributed by atoms with Crippen LogP contribution >= 0.6 is 24.2 Å². The van der Waals surface area contributed by atoms with Gasteiger partial charge in [0.05, 0.1) is 19.6 Å². The fourth-order valence-electron chi connectivity index (χ4n) is 4.63. The number of methoxy groups -OCH3 is 1. The number of hydrogen-bond acceptors (Lipinski definition) is 5. The van der Waals surface area contributed by atoms with Crippen molar-refractivity contribution in [3.63, 3.8) is 0 Å². The minimum absolute atomic E-state index is 0. The topological polar surface area (TPSA) is 81.4 Å². The van der Waals surface area contributed by atoms with E-state index in [1.165, 1.54) is 13.5 Å². The quantitative estimate of drug-likeness (QED) is 0.535. The van der Waals surface area contributed by atoms with Crippen LogP contribution in [-0.4, -0.2) is 31.3 Å². The second-order valence-electron chi connectivity index (χ2n) is 7.81. The van der Waals surface area contributed by atoms with Gasteiger partial charge in [-0.05, 0) is 61.5 Å². The lowest BCUT2D eigenvalue weighted by Gasteiger charge is -2.43. The molecule has 2 aliphatic rings. The van der Waals surface area contributed by atoms with Gasteiger partial charge in [-0.2, -0.15) is 0 Å². The third-order valence-corrected chi connectivity index (χ3v) is 6.96.